The molecule has 0 aromatic heterocycles. The van der Waals surface area contributed by atoms with Gasteiger partial charge in [-0.05, 0) is 13.0 Å². The van der Waals surface area contributed by atoms with E-state index in [1.54, 1.807) is 7.11 Å². The van der Waals surface area contributed by atoms with Crippen LogP contribution in [0, 0.1) is 0 Å². The molecule has 0 spiro atoms. The highest BCUT2D eigenvalue weighted by atomic mass is 32.1. The van der Waals surface area contributed by atoms with E-state index >= 15 is 0 Å². The van der Waals surface area contributed by atoms with Crippen molar-refractivity contribution in [2.45, 2.75) is 11.7 Å². The summed E-state index contributed by atoms with van der Waals surface area (Å²) in [5.41, 5.74) is 2.10. The fourth-order valence-corrected chi connectivity index (χ4v) is 2.43. The van der Waals surface area contributed by atoms with Gasteiger partial charge in [0, 0.05) is 23.9 Å². The summed E-state index contributed by atoms with van der Waals surface area (Å²) in [5.74, 6) is 0. The molecule has 1 saturated heterocycles. The normalized spacial score (nSPS) is 21.8. The number of oxime groups is 1. The average molecular weight is 250 g/mol. The van der Waals surface area contributed by atoms with Crippen molar-refractivity contribution in [1.82, 2.24) is 4.90 Å². The smallest absolute Gasteiger partial charge is 0.106 e. The summed E-state index contributed by atoms with van der Waals surface area (Å²) in [6, 6.07) is 10.2. The summed E-state index contributed by atoms with van der Waals surface area (Å²) < 4.78 is 0. The molecule has 0 radical (unpaired) electrons. The Balaban J connectivity index is 2.06. The Hall–Kier alpha value is -1.00. The van der Waals surface area contributed by atoms with Crippen LogP contribution in [-0.4, -0.2) is 42.6 Å². The van der Waals surface area contributed by atoms with Crippen LogP contribution in [0.5, 0.6) is 0 Å². The van der Waals surface area contributed by atoms with E-state index in [9.17, 15) is 0 Å². The van der Waals surface area contributed by atoms with Gasteiger partial charge < -0.3 is 4.84 Å². The largest absolute Gasteiger partial charge is 0.399 e. The molecule has 1 heterocycles. The molecule has 1 aliphatic rings. The molecular weight excluding hydrogens is 232 g/mol. The van der Waals surface area contributed by atoms with E-state index in [4.69, 9.17) is 4.84 Å². The molecule has 17 heavy (non-hydrogen) atoms. The van der Waals surface area contributed by atoms with Crippen molar-refractivity contribution < 1.29 is 4.84 Å². The Labute approximate surface area is 108 Å². The number of rotatable bonds is 4. The van der Waals surface area contributed by atoms with E-state index in [0.717, 1.165) is 37.3 Å². The Morgan fingerprint density at radius 2 is 2.24 bits per heavy atom. The number of nitrogens with zero attached hydrogens (tertiary/aromatic N) is 2. The Morgan fingerprint density at radius 1 is 1.47 bits per heavy atom. The second-order valence-corrected chi connectivity index (χ2v) is 4.99. The van der Waals surface area contributed by atoms with Gasteiger partial charge in [0.15, 0.2) is 0 Å². The SMILES string of the molecule is CO/N=C(/CN1CC[C@H](S)C1)c1ccccc1. The van der Waals surface area contributed by atoms with Gasteiger partial charge in [-0.15, -0.1) is 0 Å². The third-order valence-corrected chi connectivity index (χ3v) is 3.35. The molecule has 0 saturated carbocycles. The zero-order valence-corrected chi connectivity index (χ0v) is 10.9. The minimum atomic E-state index is 0.495. The topological polar surface area (TPSA) is 24.8 Å². The molecule has 0 amide bonds. The van der Waals surface area contributed by atoms with Gasteiger partial charge in [-0.2, -0.15) is 12.6 Å². The molecule has 3 nitrogen and oxygen atoms in total. The van der Waals surface area contributed by atoms with E-state index in [0.29, 0.717) is 5.25 Å². The van der Waals surface area contributed by atoms with Gasteiger partial charge in [0.25, 0.3) is 0 Å². The highest BCUT2D eigenvalue weighted by Gasteiger charge is 2.21. The van der Waals surface area contributed by atoms with Crippen LogP contribution < -0.4 is 0 Å². The van der Waals surface area contributed by atoms with E-state index in [1.165, 1.54) is 0 Å². The lowest BCUT2D eigenvalue weighted by Gasteiger charge is -2.16. The Kier molecular flexibility index (Phi) is 4.45. The fourth-order valence-electron chi connectivity index (χ4n) is 2.08. The standard InChI is InChI=1S/C13H18N2OS/c1-16-14-13(11-5-3-2-4-6-11)10-15-8-7-12(17)9-15/h2-6,12,17H,7-10H2,1H3/b14-13-/t12-/m0/s1. The number of hydrogen-bond acceptors (Lipinski definition) is 4. The molecule has 4 heteroatoms. The van der Waals surface area contributed by atoms with E-state index in [1.807, 2.05) is 18.2 Å². The lowest BCUT2D eigenvalue weighted by molar-refractivity contribution is 0.211. The molecule has 1 atom stereocenters. The number of likely N-dealkylation sites (tertiary alicyclic amines) is 1. The minimum Gasteiger partial charge on any atom is -0.399 e. The van der Waals surface area contributed by atoms with Gasteiger partial charge >= 0.3 is 0 Å². The number of benzene rings is 1. The molecule has 1 aromatic carbocycles. The summed E-state index contributed by atoms with van der Waals surface area (Å²) >= 11 is 4.50. The van der Waals surface area contributed by atoms with E-state index in [2.05, 4.69) is 34.8 Å². The molecule has 92 valence electrons. The quantitative estimate of drug-likeness (QED) is 0.502. The molecule has 0 unspecified atom stereocenters. The van der Waals surface area contributed by atoms with Gasteiger partial charge in [0.2, 0.25) is 0 Å². The van der Waals surface area contributed by atoms with Gasteiger partial charge in [0.1, 0.15) is 12.8 Å². The second kappa shape index (κ2) is 6.07. The Morgan fingerprint density at radius 3 is 2.82 bits per heavy atom. The van der Waals surface area contributed by atoms with Crippen LogP contribution in [0.2, 0.25) is 0 Å². The monoisotopic (exact) mass is 250 g/mol. The molecular formula is C13H18N2OS. The summed E-state index contributed by atoms with van der Waals surface area (Å²) in [5, 5.41) is 4.63. The van der Waals surface area contributed by atoms with Crippen LogP contribution >= 0.6 is 12.6 Å². The first-order valence-corrected chi connectivity index (χ1v) is 6.37. The lowest BCUT2D eigenvalue weighted by atomic mass is 10.1. The van der Waals surface area contributed by atoms with Crippen LogP contribution in [-0.2, 0) is 4.84 Å². The number of hydrogen-bond donors (Lipinski definition) is 1. The van der Waals surface area contributed by atoms with Crippen molar-refractivity contribution >= 4 is 18.3 Å². The highest BCUT2D eigenvalue weighted by molar-refractivity contribution is 7.81. The third kappa shape index (κ3) is 3.48. The van der Waals surface area contributed by atoms with Crippen molar-refractivity contribution in [1.29, 1.82) is 0 Å². The third-order valence-electron chi connectivity index (χ3n) is 2.93. The van der Waals surface area contributed by atoms with Crippen molar-refractivity contribution in [2.24, 2.45) is 5.16 Å². The first-order valence-electron chi connectivity index (χ1n) is 5.85. The van der Waals surface area contributed by atoms with E-state index in [-0.39, 0.29) is 0 Å². The summed E-state index contributed by atoms with van der Waals surface area (Å²) in [6.45, 7) is 2.94. The molecule has 0 N–H and O–H groups in total. The minimum absolute atomic E-state index is 0.495. The highest BCUT2D eigenvalue weighted by Crippen LogP contribution is 2.15. The van der Waals surface area contributed by atoms with Gasteiger partial charge in [-0.3, -0.25) is 4.90 Å². The second-order valence-electron chi connectivity index (χ2n) is 4.26. The molecule has 1 aliphatic heterocycles. The lowest BCUT2D eigenvalue weighted by Crippen LogP contribution is -2.28. The van der Waals surface area contributed by atoms with Gasteiger partial charge in [-0.1, -0.05) is 35.5 Å². The maximum Gasteiger partial charge on any atom is 0.106 e. The van der Waals surface area contributed by atoms with Crippen molar-refractivity contribution in [2.75, 3.05) is 26.7 Å². The first kappa shape index (κ1) is 12.5. The van der Waals surface area contributed by atoms with Crippen molar-refractivity contribution in [3.8, 4) is 0 Å². The molecule has 0 aliphatic carbocycles. The molecule has 2 rings (SSSR count). The maximum absolute atomic E-state index is 4.94. The van der Waals surface area contributed by atoms with Gasteiger partial charge in [0.05, 0.1) is 0 Å². The zero-order valence-electron chi connectivity index (χ0n) is 10.0. The zero-order chi connectivity index (χ0) is 12.1. The predicted molar refractivity (Wildman–Crippen MR) is 73.8 cm³/mol. The molecule has 1 fully saturated rings. The van der Waals surface area contributed by atoms with Crippen LogP contribution in [0.3, 0.4) is 0 Å². The van der Waals surface area contributed by atoms with Gasteiger partial charge in [-0.25, -0.2) is 0 Å². The first-order chi connectivity index (χ1) is 8.29. The summed E-state index contributed by atoms with van der Waals surface area (Å²) in [6.07, 6.45) is 1.15. The summed E-state index contributed by atoms with van der Waals surface area (Å²) in [4.78, 5) is 7.30. The predicted octanol–water partition coefficient (Wildman–Crippen LogP) is 2.04. The fraction of sp³-hybridized carbons (Fsp3) is 0.462. The maximum atomic E-state index is 4.94. The van der Waals surface area contributed by atoms with Crippen LogP contribution in [0.25, 0.3) is 0 Å². The van der Waals surface area contributed by atoms with Crippen LogP contribution in [0.1, 0.15) is 12.0 Å². The van der Waals surface area contributed by atoms with Crippen LogP contribution in [0.4, 0.5) is 0 Å². The average Bonchev–Trinajstić information content (AvgIpc) is 2.75. The van der Waals surface area contributed by atoms with E-state index < -0.39 is 0 Å². The number of thiol groups is 1. The van der Waals surface area contributed by atoms with Crippen LogP contribution in [0.15, 0.2) is 35.5 Å². The summed E-state index contributed by atoms with van der Waals surface area (Å²) in [7, 11) is 1.59. The van der Waals surface area contributed by atoms with Crippen molar-refractivity contribution in [3.05, 3.63) is 35.9 Å². The van der Waals surface area contributed by atoms with Crippen molar-refractivity contribution in [3.63, 3.8) is 0 Å². The molecule has 0 bridgehead atoms. The Bertz CT molecular complexity index is 380. The molecule has 1 aromatic rings.